The van der Waals surface area contributed by atoms with Crippen molar-refractivity contribution in [2.24, 2.45) is 0 Å². The molecule has 23 heavy (non-hydrogen) atoms. The Morgan fingerprint density at radius 1 is 1.22 bits per heavy atom. The van der Waals surface area contributed by atoms with E-state index in [1.165, 1.54) is 26.2 Å². The summed E-state index contributed by atoms with van der Waals surface area (Å²) in [7, 11) is -1.72. The van der Waals surface area contributed by atoms with Crippen LogP contribution < -0.4 is 10.1 Å². The van der Waals surface area contributed by atoms with Crippen LogP contribution in [0.25, 0.3) is 0 Å². The molecule has 0 bridgehead atoms. The summed E-state index contributed by atoms with van der Waals surface area (Å²) < 4.78 is 27.3. The maximum absolute atomic E-state index is 12.5. The molecule has 1 heterocycles. The fourth-order valence-electron chi connectivity index (χ4n) is 2.08. The van der Waals surface area contributed by atoms with Gasteiger partial charge in [0.05, 0.1) is 12.7 Å². The third-order valence-corrected chi connectivity index (χ3v) is 5.52. The fourth-order valence-corrected chi connectivity index (χ4v) is 3.73. The molecule has 1 atom stereocenters. The van der Waals surface area contributed by atoms with Crippen molar-refractivity contribution in [3.8, 4) is 0 Å². The van der Waals surface area contributed by atoms with Gasteiger partial charge in [0.2, 0.25) is 0 Å². The van der Waals surface area contributed by atoms with Crippen LogP contribution in [0.15, 0.2) is 18.2 Å². The molecule has 0 spiro atoms. The van der Waals surface area contributed by atoms with Crippen molar-refractivity contribution in [1.29, 1.82) is 0 Å². The van der Waals surface area contributed by atoms with Crippen LogP contribution in [-0.4, -0.2) is 55.3 Å². The number of rotatable bonds is 3. The number of nitrogens with zero attached hydrogens (tertiary/aromatic N) is 2. The van der Waals surface area contributed by atoms with Gasteiger partial charge < -0.3 is 0 Å². The first-order valence-electron chi connectivity index (χ1n) is 6.51. The molecule has 1 unspecified atom stereocenters. The Labute approximate surface area is 138 Å². The molecule has 124 valence electrons. The van der Waals surface area contributed by atoms with Gasteiger partial charge in [-0.2, -0.15) is 4.90 Å². The summed E-state index contributed by atoms with van der Waals surface area (Å²) in [5.41, 5.74) is 0.975. The molecule has 10 heteroatoms. The van der Waals surface area contributed by atoms with Crippen molar-refractivity contribution in [3.63, 3.8) is 0 Å². The topological polar surface area (TPSA) is 112 Å². The first-order valence-corrected chi connectivity index (χ1v) is 8.44. The maximum Gasteiger partial charge on any atom is 0.417 e. The number of hydrogen-bond acceptors (Lipinski definition) is 4. The summed E-state index contributed by atoms with van der Waals surface area (Å²) in [4.78, 5) is 25.6. The number of imide groups is 1. The highest BCUT2D eigenvalue weighted by Crippen LogP contribution is 2.23. The normalized spacial score (nSPS) is 19.3. The van der Waals surface area contributed by atoms with Crippen molar-refractivity contribution in [1.82, 2.24) is 9.80 Å². The van der Waals surface area contributed by atoms with Gasteiger partial charge in [-0.1, -0.05) is 17.7 Å². The lowest BCUT2D eigenvalue weighted by Gasteiger charge is -2.29. The monoisotopic (exact) mass is 359 g/mol. The van der Waals surface area contributed by atoms with E-state index in [9.17, 15) is 18.0 Å². The van der Waals surface area contributed by atoms with Gasteiger partial charge in [-0.3, -0.25) is 14.9 Å². The van der Waals surface area contributed by atoms with E-state index >= 15 is 0 Å². The van der Waals surface area contributed by atoms with Crippen LogP contribution in [0.4, 0.5) is 10.5 Å². The maximum atomic E-state index is 12.5. The lowest BCUT2D eigenvalue weighted by atomic mass is 10.2. The Morgan fingerprint density at radius 2 is 1.83 bits per heavy atom. The summed E-state index contributed by atoms with van der Waals surface area (Å²) in [5, 5.41) is 4.37. The van der Waals surface area contributed by atoms with Crippen molar-refractivity contribution in [2.45, 2.75) is 12.2 Å². The molecule has 1 aliphatic rings. The smallest absolute Gasteiger partial charge is 0.289 e. The molecule has 3 amide bonds. The highest BCUT2D eigenvalue weighted by atomic mass is 35.5. The zero-order chi connectivity index (χ0) is 17.5. The third kappa shape index (κ3) is 3.02. The Bertz CT molecular complexity index is 784. The zero-order valence-electron chi connectivity index (χ0n) is 12.7. The molecule has 2 rings (SSSR count). The fraction of sp³-hybridized carbons (Fsp3) is 0.308. The molecular formula is C13H16ClN4O4S+. The van der Waals surface area contributed by atoms with Crippen LogP contribution in [0.1, 0.15) is 5.56 Å². The molecule has 0 saturated carbocycles. The number of amides is 3. The number of nitrogens with one attached hydrogen (secondary N) is 1. The average molecular weight is 360 g/mol. The van der Waals surface area contributed by atoms with Crippen LogP contribution in [0.5, 0.6) is 0 Å². The van der Waals surface area contributed by atoms with E-state index in [-0.39, 0.29) is 11.5 Å². The number of halogens is 1. The van der Waals surface area contributed by atoms with Crippen LogP contribution in [-0.2, 0) is 14.8 Å². The van der Waals surface area contributed by atoms with Gasteiger partial charge in [0.1, 0.15) is 0 Å². The summed E-state index contributed by atoms with van der Waals surface area (Å²) in [6.07, 6.45) is 0. The van der Waals surface area contributed by atoms with Gasteiger partial charge in [0.15, 0.2) is 0 Å². The zero-order valence-corrected chi connectivity index (χ0v) is 14.3. The van der Waals surface area contributed by atoms with Gasteiger partial charge in [-0.25, -0.2) is 18.1 Å². The lowest BCUT2D eigenvalue weighted by molar-refractivity contribution is -0.140. The van der Waals surface area contributed by atoms with Crippen LogP contribution >= 0.6 is 11.6 Å². The van der Waals surface area contributed by atoms with Gasteiger partial charge >= 0.3 is 6.03 Å². The van der Waals surface area contributed by atoms with E-state index in [0.717, 1.165) is 10.5 Å². The second-order valence-electron chi connectivity index (χ2n) is 5.15. The van der Waals surface area contributed by atoms with E-state index in [1.54, 1.807) is 13.0 Å². The van der Waals surface area contributed by atoms with Crippen molar-refractivity contribution >= 4 is 45.1 Å². The third-order valence-electron chi connectivity index (χ3n) is 3.53. The Morgan fingerprint density at radius 3 is 2.39 bits per heavy atom. The Kier molecular flexibility index (Phi) is 4.36. The molecule has 1 aromatic carbocycles. The Balaban J connectivity index is 2.38. The van der Waals surface area contributed by atoms with Crippen LogP contribution in [0.2, 0.25) is 5.02 Å². The summed E-state index contributed by atoms with van der Waals surface area (Å²) in [6, 6.07) is 3.88. The summed E-state index contributed by atoms with van der Waals surface area (Å²) >= 11 is 5.96. The van der Waals surface area contributed by atoms with Crippen LogP contribution in [0, 0.1) is 6.92 Å². The first kappa shape index (κ1) is 17.2. The molecule has 1 aliphatic heterocycles. The van der Waals surface area contributed by atoms with Gasteiger partial charge in [0, 0.05) is 12.1 Å². The quantitative estimate of drug-likeness (QED) is 0.753. The minimum Gasteiger partial charge on any atom is -0.289 e. The number of hydrogen-bond donors (Lipinski definition) is 2. The van der Waals surface area contributed by atoms with E-state index in [1.807, 2.05) is 0 Å². The van der Waals surface area contributed by atoms with Gasteiger partial charge in [-0.15, -0.1) is 0 Å². The molecule has 3 N–H and O–H groups in total. The minimum absolute atomic E-state index is 0.198. The van der Waals surface area contributed by atoms with Crippen molar-refractivity contribution in [3.05, 3.63) is 28.8 Å². The molecule has 0 aromatic heterocycles. The Hall–Kier alpha value is -2.13. The van der Waals surface area contributed by atoms with Crippen molar-refractivity contribution < 1.29 is 23.4 Å². The number of carbonyl (C=O) groups excluding carboxylic acids is 2. The number of sulfonamides is 1. The second kappa shape index (κ2) is 5.82. The number of urea groups is 1. The molecule has 1 aromatic rings. The highest BCUT2D eigenvalue weighted by molar-refractivity contribution is 7.94. The lowest BCUT2D eigenvalue weighted by Crippen LogP contribution is -2.70. The largest absolute Gasteiger partial charge is 0.417 e. The molecule has 0 radical (unpaired) electrons. The van der Waals surface area contributed by atoms with Gasteiger partial charge in [-0.05, 0) is 24.6 Å². The van der Waals surface area contributed by atoms with E-state index in [4.69, 9.17) is 17.0 Å². The van der Waals surface area contributed by atoms with Gasteiger partial charge in [0.25, 0.3) is 27.0 Å². The SMILES string of the molecule is Cc1ccc(NS(=O)(=O)C2C(=[NH2+])N(C)C(=O)N(C)C2=O)cc1Cl. The summed E-state index contributed by atoms with van der Waals surface area (Å²) in [5.74, 6) is -1.28. The van der Waals surface area contributed by atoms with E-state index < -0.39 is 27.2 Å². The standard InChI is InChI=1S/C13H15ClN4O4S/c1-7-4-5-8(6-9(7)14)16-23(21,22)10-11(15)17(2)13(20)18(3)12(10)19/h4-6,10,15-16H,1-3H3/p+1. The average Bonchev–Trinajstić information content (AvgIpc) is 2.46. The first-order chi connectivity index (χ1) is 10.6. The van der Waals surface area contributed by atoms with Crippen LogP contribution in [0.3, 0.4) is 0 Å². The molecule has 1 saturated heterocycles. The molecule has 0 aliphatic carbocycles. The van der Waals surface area contributed by atoms with E-state index in [2.05, 4.69) is 4.72 Å². The highest BCUT2D eigenvalue weighted by Gasteiger charge is 2.52. The minimum atomic E-state index is -4.21. The molecular weight excluding hydrogens is 344 g/mol. The number of amidine groups is 1. The summed E-state index contributed by atoms with van der Waals surface area (Å²) in [6.45, 7) is 1.77. The molecule has 8 nitrogen and oxygen atoms in total. The van der Waals surface area contributed by atoms with Crippen molar-refractivity contribution in [2.75, 3.05) is 18.8 Å². The number of nitrogens with two attached hydrogens (primary N) is 1. The predicted octanol–water partition coefficient (Wildman–Crippen LogP) is -0.560. The molecule has 1 fully saturated rings. The number of carbonyl (C=O) groups is 2. The van der Waals surface area contributed by atoms with E-state index in [0.29, 0.717) is 9.92 Å². The number of aryl methyl sites for hydroxylation is 1. The number of anilines is 1. The number of benzene rings is 1. The second-order valence-corrected chi connectivity index (χ2v) is 7.33. The predicted molar refractivity (Wildman–Crippen MR) is 85.4 cm³/mol.